The second-order valence-corrected chi connectivity index (χ2v) is 9.57. The van der Waals surface area contributed by atoms with Crippen LogP contribution in [0.15, 0.2) is 65.6 Å². The van der Waals surface area contributed by atoms with Crippen molar-refractivity contribution in [3.05, 3.63) is 77.4 Å². The van der Waals surface area contributed by atoms with Crippen molar-refractivity contribution in [3.63, 3.8) is 0 Å². The van der Waals surface area contributed by atoms with E-state index in [2.05, 4.69) is 10.0 Å². The molecule has 0 atom stereocenters. The second-order valence-electron chi connectivity index (χ2n) is 7.89. The van der Waals surface area contributed by atoms with Crippen LogP contribution >= 0.6 is 0 Å². The number of carbonyl (C=O) groups excluding carboxylic acids is 1. The van der Waals surface area contributed by atoms with Crippen LogP contribution in [0.1, 0.15) is 28.4 Å². The van der Waals surface area contributed by atoms with Crippen LogP contribution < -0.4 is 19.5 Å². The van der Waals surface area contributed by atoms with Gasteiger partial charge in [-0.25, -0.2) is 8.42 Å². The van der Waals surface area contributed by atoms with Gasteiger partial charge >= 0.3 is 12.1 Å². The monoisotopic (exact) mass is 552 g/mol. The summed E-state index contributed by atoms with van der Waals surface area (Å²) in [5.41, 5.74) is -1.50. The zero-order valence-electron chi connectivity index (χ0n) is 20.1. The first-order valence-electron chi connectivity index (χ1n) is 11.0. The van der Waals surface area contributed by atoms with Gasteiger partial charge < -0.3 is 19.9 Å². The zero-order valence-corrected chi connectivity index (χ0v) is 20.9. The minimum absolute atomic E-state index is 0.0576. The maximum absolute atomic E-state index is 13.4. The number of carboxylic acid groups (broad SMARTS) is 1. The predicted octanol–water partition coefficient (Wildman–Crippen LogP) is 4.68. The van der Waals surface area contributed by atoms with Crippen molar-refractivity contribution in [2.24, 2.45) is 0 Å². The van der Waals surface area contributed by atoms with Crippen molar-refractivity contribution in [2.45, 2.75) is 24.4 Å². The second kappa shape index (κ2) is 11.4. The van der Waals surface area contributed by atoms with Gasteiger partial charge in [0.1, 0.15) is 11.5 Å². The molecule has 38 heavy (non-hydrogen) atoms. The van der Waals surface area contributed by atoms with Gasteiger partial charge in [-0.15, -0.1) is 0 Å². The number of nitrogens with one attached hydrogen (secondary N) is 2. The molecule has 0 heterocycles. The predicted molar refractivity (Wildman–Crippen MR) is 131 cm³/mol. The van der Waals surface area contributed by atoms with Crippen LogP contribution in [-0.4, -0.2) is 39.1 Å². The molecule has 1 amide bonds. The molecule has 0 saturated heterocycles. The molecule has 3 aromatic rings. The molecule has 0 spiro atoms. The minimum atomic E-state index is -4.80. The topological polar surface area (TPSA) is 131 Å². The van der Waals surface area contributed by atoms with E-state index in [0.29, 0.717) is 24.4 Å². The molecule has 3 aromatic carbocycles. The van der Waals surface area contributed by atoms with Crippen LogP contribution in [0.5, 0.6) is 17.2 Å². The molecule has 0 unspecified atom stereocenters. The van der Waals surface area contributed by atoms with Crippen LogP contribution in [0, 0.1) is 0 Å². The van der Waals surface area contributed by atoms with Gasteiger partial charge in [-0.2, -0.15) is 13.2 Å². The quantitative estimate of drug-likeness (QED) is 0.333. The average molecular weight is 553 g/mol. The van der Waals surface area contributed by atoms with Crippen LogP contribution in [0.2, 0.25) is 0 Å². The summed E-state index contributed by atoms with van der Waals surface area (Å²) in [7, 11) is -2.83. The van der Waals surface area contributed by atoms with E-state index in [-0.39, 0.29) is 33.2 Å². The Morgan fingerprint density at radius 3 is 2.24 bits per heavy atom. The molecule has 13 heteroatoms. The molecule has 3 rings (SSSR count). The fourth-order valence-corrected chi connectivity index (χ4v) is 4.41. The number of ether oxygens (including phenoxy) is 2. The number of sulfonamides is 1. The number of benzene rings is 3. The van der Waals surface area contributed by atoms with E-state index in [0.717, 1.165) is 6.07 Å². The largest absolute Gasteiger partial charge is 0.497 e. The zero-order chi connectivity index (χ0) is 28.1. The molecule has 0 bridgehead atoms. The summed E-state index contributed by atoms with van der Waals surface area (Å²) in [6.07, 6.45) is -5.50. The van der Waals surface area contributed by atoms with Gasteiger partial charge in [0.05, 0.1) is 29.7 Å². The highest BCUT2D eigenvalue weighted by Gasteiger charge is 2.32. The summed E-state index contributed by atoms with van der Waals surface area (Å²) in [4.78, 5) is 23.3. The van der Waals surface area contributed by atoms with Crippen molar-refractivity contribution >= 4 is 27.6 Å². The number of carboxylic acids is 1. The van der Waals surface area contributed by atoms with E-state index in [1.54, 1.807) is 6.92 Å². The van der Waals surface area contributed by atoms with Crippen molar-refractivity contribution in [1.82, 2.24) is 5.32 Å². The Bertz CT molecular complexity index is 1440. The number of alkyl halides is 3. The summed E-state index contributed by atoms with van der Waals surface area (Å²) in [6, 6.07) is 11.5. The third-order valence-corrected chi connectivity index (χ3v) is 6.45. The van der Waals surface area contributed by atoms with Gasteiger partial charge in [0, 0.05) is 12.1 Å². The van der Waals surface area contributed by atoms with E-state index >= 15 is 0 Å². The maximum Gasteiger partial charge on any atom is 0.416 e. The standard InChI is InChI=1S/C25H23F3N2O7S/c1-3-29-24(33)16-4-9-22(21(13-16)30-38(34,35)20-7-5-18(36-2)6-8-20)37-19-11-15(12-23(31)32)10-17(14-19)25(26,27)28/h4-11,13-14,30H,3,12H2,1-2H3,(H,29,33)(H,31,32). The molecular formula is C25H23F3N2O7S. The van der Waals surface area contributed by atoms with Crippen molar-refractivity contribution < 1.29 is 45.8 Å². The van der Waals surface area contributed by atoms with E-state index < -0.39 is 40.1 Å². The molecule has 0 aliphatic carbocycles. The van der Waals surface area contributed by atoms with Crippen LogP contribution in [0.25, 0.3) is 0 Å². The summed E-state index contributed by atoms with van der Waals surface area (Å²) in [5, 5.41) is 11.6. The average Bonchev–Trinajstić information content (AvgIpc) is 2.84. The van der Waals surface area contributed by atoms with E-state index in [1.165, 1.54) is 49.6 Å². The Kier molecular flexibility index (Phi) is 8.51. The first-order valence-corrected chi connectivity index (χ1v) is 12.5. The molecule has 202 valence electrons. The fourth-order valence-electron chi connectivity index (χ4n) is 3.35. The van der Waals surface area contributed by atoms with Gasteiger partial charge in [0.15, 0.2) is 5.75 Å². The molecule has 0 radical (unpaired) electrons. The smallest absolute Gasteiger partial charge is 0.416 e. The number of methoxy groups -OCH3 is 1. The van der Waals surface area contributed by atoms with Gasteiger partial charge in [-0.1, -0.05) is 0 Å². The molecular weight excluding hydrogens is 529 g/mol. The molecule has 0 aliphatic rings. The Morgan fingerprint density at radius 1 is 0.974 bits per heavy atom. The van der Waals surface area contributed by atoms with E-state index in [1.807, 2.05) is 0 Å². The lowest BCUT2D eigenvalue weighted by atomic mass is 10.1. The lowest BCUT2D eigenvalue weighted by molar-refractivity contribution is -0.138. The summed E-state index contributed by atoms with van der Waals surface area (Å²) >= 11 is 0. The number of anilines is 1. The molecule has 0 aromatic heterocycles. The lowest BCUT2D eigenvalue weighted by Gasteiger charge is -2.17. The molecule has 3 N–H and O–H groups in total. The van der Waals surface area contributed by atoms with Crippen molar-refractivity contribution in [2.75, 3.05) is 18.4 Å². The Hall–Kier alpha value is -4.26. The molecule has 0 fully saturated rings. The number of hydrogen-bond donors (Lipinski definition) is 3. The van der Waals surface area contributed by atoms with Gasteiger partial charge in [-0.3, -0.25) is 14.3 Å². The number of carbonyl (C=O) groups is 2. The number of halogens is 3. The van der Waals surface area contributed by atoms with E-state index in [9.17, 15) is 31.2 Å². The Balaban J connectivity index is 2.07. The Labute approximate surface area is 216 Å². The highest BCUT2D eigenvalue weighted by Crippen LogP contribution is 2.37. The molecule has 0 aliphatic heterocycles. The van der Waals surface area contributed by atoms with Gasteiger partial charge in [-0.05, 0) is 73.2 Å². The SMILES string of the molecule is CCNC(=O)c1ccc(Oc2cc(CC(=O)O)cc(C(F)(F)F)c2)c(NS(=O)(=O)c2ccc(OC)cc2)c1. The Morgan fingerprint density at radius 2 is 1.66 bits per heavy atom. The highest BCUT2D eigenvalue weighted by molar-refractivity contribution is 7.92. The number of amides is 1. The molecule has 9 nitrogen and oxygen atoms in total. The van der Waals surface area contributed by atoms with Gasteiger partial charge in [0.25, 0.3) is 15.9 Å². The third-order valence-electron chi connectivity index (χ3n) is 5.07. The molecule has 0 saturated carbocycles. The van der Waals surface area contributed by atoms with Gasteiger partial charge in [0.2, 0.25) is 0 Å². The summed E-state index contributed by atoms with van der Waals surface area (Å²) in [5.74, 6) is -2.07. The van der Waals surface area contributed by atoms with E-state index in [4.69, 9.17) is 14.6 Å². The number of aliphatic carboxylic acids is 1. The van der Waals surface area contributed by atoms with Crippen molar-refractivity contribution in [3.8, 4) is 17.2 Å². The fraction of sp³-hybridized carbons (Fsp3) is 0.200. The lowest BCUT2D eigenvalue weighted by Crippen LogP contribution is -2.23. The van der Waals surface area contributed by atoms with Crippen LogP contribution in [0.3, 0.4) is 0 Å². The summed E-state index contributed by atoms with van der Waals surface area (Å²) < 4.78 is 79.3. The first kappa shape index (κ1) is 28.3. The van der Waals surface area contributed by atoms with Crippen LogP contribution in [-0.2, 0) is 27.4 Å². The van der Waals surface area contributed by atoms with Crippen molar-refractivity contribution in [1.29, 1.82) is 0 Å². The summed E-state index contributed by atoms with van der Waals surface area (Å²) in [6.45, 7) is 1.98. The highest BCUT2D eigenvalue weighted by atomic mass is 32.2. The normalized spacial score (nSPS) is 11.5. The minimum Gasteiger partial charge on any atom is -0.497 e. The van der Waals surface area contributed by atoms with Crippen LogP contribution in [0.4, 0.5) is 18.9 Å². The number of hydrogen-bond acceptors (Lipinski definition) is 6. The maximum atomic E-state index is 13.4. The third kappa shape index (κ3) is 7.16. The first-order chi connectivity index (χ1) is 17.8. The number of rotatable bonds is 10.